The maximum Gasteiger partial charge on any atom is 0.406 e. The van der Waals surface area contributed by atoms with Crippen LogP contribution in [0.4, 0.5) is 13.2 Å². The van der Waals surface area contributed by atoms with Gasteiger partial charge in [0, 0.05) is 25.8 Å². The van der Waals surface area contributed by atoms with Crippen LogP contribution < -0.4 is 5.73 Å². The van der Waals surface area contributed by atoms with Gasteiger partial charge < -0.3 is 15.4 Å². The molecule has 1 aliphatic rings. The maximum atomic E-state index is 12.6. The third kappa shape index (κ3) is 5.66. The topological polar surface area (TPSA) is 55.6 Å². The van der Waals surface area contributed by atoms with Crippen molar-refractivity contribution in [3.63, 3.8) is 0 Å². The first-order valence-electron chi connectivity index (χ1n) is 7.04. The van der Waals surface area contributed by atoms with Crippen molar-refractivity contribution in [1.29, 1.82) is 0 Å². The Morgan fingerprint density at radius 2 is 2.10 bits per heavy atom. The van der Waals surface area contributed by atoms with Gasteiger partial charge in [0.2, 0.25) is 5.91 Å². The fraction of sp³-hybridized carbons (Fsp3) is 0.923. The largest absolute Gasteiger partial charge is 0.406 e. The highest BCUT2D eigenvalue weighted by Crippen LogP contribution is 2.27. The molecule has 2 N–H and O–H groups in total. The van der Waals surface area contributed by atoms with Gasteiger partial charge in [-0.25, -0.2) is 0 Å². The maximum absolute atomic E-state index is 12.6. The third-order valence-corrected chi connectivity index (χ3v) is 3.49. The van der Waals surface area contributed by atoms with Crippen molar-refractivity contribution in [3.8, 4) is 0 Å². The van der Waals surface area contributed by atoms with E-state index < -0.39 is 24.5 Å². The monoisotopic (exact) mass is 296 g/mol. The molecule has 2 atom stereocenters. The van der Waals surface area contributed by atoms with Crippen LogP contribution in [0.2, 0.25) is 0 Å². The van der Waals surface area contributed by atoms with Crippen molar-refractivity contribution in [2.45, 2.75) is 44.8 Å². The van der Waals surface area contributed by atoms with Gasteiger partial charge in [-0.15, -0.1) is 0 Å². The predicted molar refractivity (Wildman–Crippen MR) is 69.1 cm³/mol. The van der Waals surface area contributed by atoms with Crippen LogP contribution in [-0.2, 0) is 9.53 Å². The summed E-state index contributed by atoms with van der Waals surface area (Å²) in [5.74, 6) is -0.937. The summed E-state index contributed by atoms with van der Waals surface area (Å²) in [6, 6.07) is -0.315. The molecule has 7 heteroatoms. The van der Waals surface area contributed by atoms with Crippen LogP contribution in [-0.4, -0.2) is 49.3 Å². The van der Waals surface area contributed by atoms with Gasteiger partial charge in [0.1, 0.15) is 6.54 Å². The van der Waals surface area contributed by atoms with E-state index in [2.05, 4.69) is 0 Å². The molecule has 0 saturated heterocycles. The van der Waals surface area contributed by atoms with Crippen molar-refractivity contribution in [2.24, 2.45) is 11.7 Å². The molecule has 1 fully saturated rings. The predicted octanol–water partition coefficient (Wildman–Crippen LogP) is 1.93. The Labute approximate surface area is 117 Å². The lowest BCUT2D eigenvalue weighted by atomic mass is 10.0. The van der Waals surface area contributed by atoms with Gasteiger partial charge in [0.25, 0.3) is 0 Å². The molecule has 1 amide bonds. The Kier molecular flexibility index (Phi) is 6.75. The molecule has 1 rings (SSSR count). The molecule has 0 bridgehead atoms. The quantitative estimate of drug-likeness (QED) is 0.730. The minimum atomic E-state index is -4.38. The van der Waals surface area contributed by atoms with Gasteiger partial charge >= 0.3 is 6.18 Å². The number of rotatable bonds is 7. The molecule has 0 aromatic carbocycles. The zero-order chi connectivity index (χ0) is 15.2. The van der Waals surface area contributed by atoms with Gasteiger partial charge in [-0.05, 0) is 26.2 Å². The molecule has 0 spiro atoms. The van der Waals surface area contributed by atoms with Crippen LogP contribution in [0.15, 0.2) is 0 Å². The lowest BCUT2D eigenvalue weighted by Gasteiger charge is -2.28. The summed E-state index contributed by atoms with van der Waals surface area (Å²) in [5.41, 5.74) is 5.80. The first-order valence-corrected chi connectivity index (χ1v) is 7.04. The fourth-order valence-corrected chi connectivity index (χ4v) is 2.52. The minimum Gasteiger partial charge on any atom is -0.382 e. The Morgan fingerprint density at radius 3 is 2.60 bits per heavy atom. The molecule has 20 heavy (non-hydrogen) atoms. The van der Waals surface area contributed by atoms with E-state index in [-0.39, 0.29) is 12.6 Å². The smallest absolute Gasteiger partial charge is 0.382 e. The SMILES string of the molecule is CCOCCCN(CC(F)(F)F)C(=O)C1CCCC1N. The molecule has 0 aromatic heterocycles. The number of carbonyl (C=O) groups excluding carboxylic acids is 1. The van der Waals surface area contributed by atoms with Crippen LogP contribution in [0.5, 0.6) is 0 Å². The molecule has 1 saturated carbocycles. The van der Waals surface area contributed by atoms with E-state index >= 15 is 0 Å². The van der Waals surface area contributed by atoms with Gasteiger partial charge in [-0.3, -0.25) is 4.79 Å². The molecule has 1 aliphatic carbocycles. The highest BCUT2D eigenvalue weighted by molar-refractivity contribution is 5.80. The summed E-state index contributed by atoms with van der Waals surface area (Å²) in [5, 5.41) is 0. The van der Waals surface area contributed by atoms with Gasteiger partial charge in [-0.2, -0.15) is 13.2 Å². The van der Waals surface area contributed by atoms with Crippen molar-refractivity contribution in [3.05, 3.63) is 0 Å². The van der Waals surface area contributed by atoms with Crippen LogP contribution in [0.1, 0.15) is 32.6 Å². The summed E-state index contributed by atoms with van der Waals surface area (Å²) >= 11 is 0. The molecule has 0 aliphatic heterocycles. The zero-order valence-corrected chi connectivity index (χ0v) is 11.8. The Balaban J connectivity index is 2.58. The van der Waals surface area contributed by atoms with Crippen LogP contribution >= 0.6 is 0 Å². The summed E-state index contributed by atoms with van der Waals surface area (Å²) in [6.45, 7) is 1.54. The van der Waals surface area contributed by atoms with Crippen LogP contribution in [0.25, 0.3) is 0 Å². The van der Waals surface area contributed by atoms with Crippen molar-refractivity contribution < 1.29 is 22.7 Å². The molecule has 4 nitrogen and oxygen atoms in total. The van der Waals surface area contributed by atoms with Crippen molar-refractivity contribution >= 4 is 5.91 Å². The first kappa shape index (κ1) is 17.2. The molecule has 0 radical (unpaired) electrons. The molecular weight excluding hydrogens is 273 g/mol. The highest BCUT2D eigenvalue weighted by atomic mass is 19.4. The number of ether oxygens (including phenoxy) is 1. The van der Waals surface area contributed by atoms with E-state index in [9.17, 15) is 18.0 Å². The summed E-state index contributed by atoms with van der Waals surface area (Å²) in [7, 11) is 0. The van der Waals surface area contributed by atoms with E-state index in [1.807, 2.05) is 6.92 Å². The van der Waals surface area contributed by atoms with Gasteiger partial charge in [-0.1, -0.05) is 6.42 Å². The van der Waals surface area contributed by atoms with Gasteiger partial charge in [0.15, 0.2) is 0 Å². The number of nitrogens with zero attached hydrogens (tertiary/aromatic N) is 1. The van der Waals surface area contributed by atoms with E-state index in [4.69, 9.17) is 10.5 Å². The number of nitrogens with two attached hydrogens (primary N) is 1. The van der Waals surface area contributed by atoms with E-state index in [0.29, 0.717) is 32.5 Å². The molecule has 118 valence electrons. The molecule has 2 unspecified atom stereocenters. The average molecular weight is 296 g/mol. The standard InChI is InChI=1S/C13H23F3N2O2/c1-2-20-8-4-7-18(9-13(14,15)16)12(19)10-5-3-6-11(10)17/h10-11H,2-9,17H2,1H3. The van der Waals surface area contributed by atoms with Crippen molar-refractivity contribution in [2.75, 3.05) is 26.3 Å². The normalized spacial score (nSPS) is 23.1. The number of carbonyl (C=O) groups is 1. The number of hydrogen-bond donors (Lipinski definition) is 1. The van der Waals surface area contributed by atoms with E-state index in [1.54, 1.807) is 0 Å². The summed E-state index contributed by atoms with van der Waals surface area (Å²) < 4.78 is 42.8. The van der Waals surface area contributed by atoms with E-state index in [0.717, 1.165) is 11.3 Å². The summed E-state index contributed by atoms with van der Waals surface area (Å²) in [4.78, 5) is 13.1. The highest BCUT2D eigenvalue weighted by Gasteiger charge is 2.38. The lowest BCUT2D eigenvalue weighted by Crippen LogP contribution is -2.46. The van der Waals surface area contributed by atoms with Crippen molar-refractivity contribution in [1.82, 2.24) is 4.90 Å². The van der Waals surface area contributed by atoms with E-state index in [1.165, 1.54) is 0 Å². The number of halogens is 3. The summed E-state index contributed by atoms with van der Waals surface area (Å²) in [6.07, 6.45) is -1.90. The molecule has 0 aromatic rings. The Hall–Kier alpha value is -0.820. The zero-order valence-electron chi connectivity index (χ0n) is 11.8. The molecule has 0 heterocycles. The van der Waals surface area contributed by atoms with Gasteiger partial charge in [0.05, 0.1) is 5.92 Å². The number of amides is 1. The number of alkyl halides is 3. The first-order chi connectivity index (χ1) is 9.35. The third-order valence-electron chi connectivity index (χ3n) is 3.49. The molecular formula is C13H23F3N2O2. The minimum absolute atomic E-state index is 0.0571. The fourth-order valence-electron chi connectivity index (χ4n) is 2.52. The lowest BCUT2D eigenvalue weighted by molar-refractivity contribution is -0.164. The van der Waals surface area contributed by atoms with Crippen LogP contribution in [0.3, 0.4) is 0 Å². The second-order valence-electron chi connectivity index (χ2n) is 5.13. The second-order valence-corrected chi connectivity index (χ2v) is 5.13. The van der Waals surface area contributed by atoms with Crippen LogP contribution in [0, 0.1) is 5.92 Å². The Bertz CT molecular complexity index is 310. The Morgan fingerprint density at radius 1 is 1.40 bits per heavy atom. The second kappa shape index (κ2) is 7.83. The number of hydrogen-bond acceptors (Lipinski definition) is 3. The average Bonchev–Trinajstić information content (AvgIpc) is 2.77.